The van der Waals surface area contributed by atoms with E-state index in [-0.39, 0.29) is 5.84 Å². The van der Waals surface area contributed by atoms with Crippen molar-refractivity contribution in [3.05, 3.63) is 35.4 Å². The van der Waals surface area contributed by atoms with Gasteiger partial charge in [-0.1, -0.05) is 31.5 Å². The normalized spacial score (nSPS) is 15.7. The van der Waals surface area contributed by atoms with Crippen molar-refractivity contribution in [2.45, 2.75) is 32.7 Å². The van der Waals surface area contributed by atoms with Crippen molar-refractivity contribution in [1.29, 1.82) is 5.41 Å². The lowest BCUT2D eigenvalue weighted by atomic mass is 9.85. The molecule has 1 aromatic carbocycles. The van der Waals surface area contributed by atoms with Crippen LogP contribution in [0.1, 0.15) is 37.3 Å². The third-order valence-electron chi connectivity index (χ3n) is 3.83. The summed E-state index contributed by atoms with van der Waals surface area (Å²) >= 11 is 0. The van der Waals surface area contributed by atoms with Gasteiger partial charge in [0, 0.05) is 18.7 Å². The number of amidine groups is 1. The number of nitrogens with one attached hydrogen (secondary N) is 1. The Kier molecular flexibility index (Phi) is 4.37. The van der Waals surface area contributed by atoms with Crippen LogP contribution in [-0.2, 0) is 6.54 Å². The molecule has 0 aliphatic heterocycles. The van der Waals surface area contributed by atoms with Gasteiger partial charge in [-0.3, -0.25) is 10.3 Å². The molecule has 3 nitrogen and oxygen atoms in total. The zero-order valence-electron chi connectivity index (χ0n) is 11.2. The van der Waals surface area contributed by atoms with E-state index in [2.05, 4.69) is 17.9 Å². The van der Waals surface area contributed by atoms with Gasteiger partial charge < -0.3 is 5.73 Å². The standard InChI is InChI=1S/C15H23N3/c1-2-18(10-12-5-3-6-12)11-13-7-4-8-14(9-13)15(16)17/h4,7-9,12H,2-3,5-6,10-11H2,1H3,(H3,16,17). The van der Waals surface area contributed by atoms with Crippen molar-refractivity contribution >= 4 is 5.84 Å². The molecule has 3 N–H and O–H groups in total. The van der Waals surface area contributed by atoms with Gasteiger partial charge in [-0.05, 0) is 36.9 Å². The maximum Gasteiger partial charge on any atom is 0.122 e. The van der Waals surface area contributed by atoms with Crippen LogP contribution in [0.5, 0.6) is 0 Å². The predicted molar refractivity (Wildman–Crippen MR) is 75.8 cm³/mol. The Balaban J connectivity index is 1.97. The van der Waals surface area contributed by atoms with E-state index in [4.69, 9.17) is 11.1 Å². The molecule has 0 radical (unpaired) electrons. The first kappa shape index (κ1) is 13.1. The van der Waals surface area contributed by atoms with Gasteiger partial charge in [0.15, 0.2) is 0 Å². The van der Waals surface area contributed by atoms with E-state index in [1.807, 2.05) is 18.2 Å². The van der Waals surface area contributed by atoms with Crippen molar-refractivity contribution in [3.63, 3.8) is 0 Å². The SMILES string of the molecule is CCN(Cc1cccc(C(=N)N)c1)CC1CCC1. The fourth-order valence-electron chi connectivity index (χ4n) is 2.44. The van der Waals surface area contributed by atoms with Crippen LogP contribution in [0.25, 0.3) is 0 Å². The first-order valence-corrected chi connectivity index (χ1v) is 6.84. The molecule has 0 amide bonds. The summed E-state index contributed by atoms with van der Waals surface area (Å²) < 4.78 is 0. The molecule has 1 aromatic rings. The molecule has 0 unspecified atom stereocenters. The summed E-state index contributed by atoms with van der Waals surface area (Å²) in [4.78, 5) is 2.49. The first-order valence-electron chi connectivity index (χ1n) is 6.84. The van der Waals surface area contributed by atoms with Gasteiger partial charge in [-0.2, -0.15) is 0 Å². The van der Waals surface area contributed by atoms with Crippen LogP contribution in [0, 0.1) is 11.3 Å². The molecule has 1 saturated carbocycles. The van der Waals surface area contributed by atoms with Gasteiger partial charge in [0.2, 0.25) is 0 Å². The number of nitrogens with zero attached hydrogens (tertiary/aromatic N) is 1. The van der Waals surface area contributed by atoms with Crippen LogP contribution in [0.2, 0.25) is 0 Å². The third-order valence-corrected chi connectivity index (χ3v) is 3.83. The molecule has 1 aliphatic carbocycles. The summed E-state index contributed by atoms with van der Waals surface area (Å²) in [6.45, 7) is 5.48. The molecule has 0 heterocycles. The minimum atomic E-state index is 0.152. The fraction of sp³-hybridized carbons (Fsp3) is 0.533. The Morgan fingerprint density at radius 1 is 1.44 bits per heavy atom. The van der Waals surface area contributed by atoms with Crippen molar-refractivity contribution in [3.8, 4) is 0 Å². The Morgan fingerprint density at radius 3 is 2.78 bits per heavy atom. The highest BCUT2D eigenvalue weighted by molar-refractivity contribution is 5.95. The topological polar surface area (TPSA) is 53.1 Å². The van der Waals surface area contributed by atoms with Crippen molar-refractivity contribution in [2.75, 3.05) is 13.1 Å². The fourth-order valence-corrected chi connectivity index (χ4v) is 2.44. The highest BCUT2D eigenvalue weighted by Crippen LogP contribution is 2.27. The van der Waals surface area contributed by atoms with E-state index in [1.165, 1.54) is 31.4 Å². The highest BCUT2D eigenvalue weighted by Gasteiger charge is 2.19. The largest absolute Gasteiger partial charge is 0.384 e. The van der Waals surface area contributed by atoms with E-state index >= 15 is 0 Å². The summed E-state index contributed by atoms with van der Waals surface area (Å²) in [5.41, 5.74) is 7.61. The van der Waals surface area contributed by atoms with Gasteiger partial charge in [-0.25, -0.2) is 0 Å². The van der Waals surface area contributed by atoms with Crippen LogP contribution in [0.4, 0.5) is 0 Å². The number of hydrogen-bond donors (Lipinski definition) is 2. The Labute approximate surface area is 109 Å². The van der Waals surface area contributed by atoms with Gasteiger partial charge in [0.25, 0.3) is 0 Å². The molecule has 0 saturated heterocycles. The molecule has 0 spiro atoms. The monoisotopic (exact) mass is 245 g/mol. The van der Waals surface area contributed by atoms with E-state index in [0.717, 1.165) is 24.6 Å². The second-order valence-corrected chi connectivity index (χ2v) is 5.24. The summed E-state index contributed by atoms with van der Waals surface area (Å²) in [7, 11) is 0. The maximum atomic E-state index is 7.48. The minimum Gasteiger partial charge on any atom is -0.384 e. The van der Waals surface area contributed by atoms with E-state index < -0.39 is 0 Å². The number of nitrogen functional groups attached to an aromatic ring is 1. The Hall–Kier alpha value is -1.35. The Morgan fingerprint density at radius 2 is 2.22 bits per heavy atom. The third kappa shape index (κ3) is 3.33. The zero-order chi connectivity index (χ0) is 13.0. The molecule has 3 heteroatoms. The number of rotatable bonds is 6. The molecule has 1 aliphatic rings. The quantitative estimate of drug-likeness (QED) is 0.598. The van der Waals surface area contributed by atoms with Crippen molar-refractivity contribution < 1.29 is 0 Å². The van der Waals surface area contributed by atoms with Gasteiger partial charge in [0.05, 0.1) is 0 Å². The van der Waals surface area contributed by atoms with Crippen LogP contribution in [-0.4, -0.2) is 23.8 Å². The molecule has 0 atom stereocenters. The van der Waals surface area contributed by atoms with Crippen LogP contribution in [0.15, 0.2) is 24.3 Å². The molecule has 18 heavy (non-hydrogen) atoms. The lowest BCUT2D eigenvalue weighted by molar-refractivity contribution is 0.178. The second-order valence-electron chi connectivity index (χ2n) is 5.24. The second kappa shape index (κ2) is 6.01. The molecule has 98 valence electrons. The first-order chi connectivity index (χ1) is 8.69. The van der Waals surface area contributed by atoms with Crippen LogP contribution in [0.3, 0.4) is 0 Å². The maximum absolute atomic E-state index is 7.48. The van der Waals surface area contributed by atoms with E-state index in [1.54, 1.807) is 0 Å². The number of hydrogen-bond acceptors (Lipinski definition) is 2. The summed E-state index contributed by atoms with van der Waals surface area (Å²) in [6, 6.07) is 8.04. The average molecular weight is 245 g/mol. The van der Waals surface area contributed by atoms with Crippen LogP contribution >= 0.6 is 0 Å². The van der Waals surface area contributed by atoms with Crippen LogP contribution < -0.4 is 5.73 Å². The molecule has 2 rings (SSSR count). The van der Waals surface area contributed by atoms with Crippen molar-refractivity contribution in [1.82, 2.24) is 4.90 Å². The molecular formula is C15H23N3. The number of benzene rings is 1. The Bertz CT molecular complexity index is 410. The predicted octanol–water partition coefficient (Wildman–Crippen LogP) is 2.59. The summed E-state index contributed by atoms with van der Waals surface area (Å²) in [5, 5.41) is 7.48. The van der Waals surface area contributed by atoms with E-state index in [0.29, 0.717) is 0 Å². The number of nitrogens with two attached hydrogens (primary N) is 1. The molecular weight excluding hydrogens is 222 g/mol. The smallest absolute Gasteiger partial charge is 0.122 e. The van der Waals surface area contributed by atoms with Gasteiger partial charge in [0.1, 0.15) is 5.84 Å². The average Bonchev–Trinajstić information content (AvgIpc) is 2.32. The zero-order valence-corrected chi connectivity index (χ0v) is 11.2. The highest BCUT2D eigenvalue weighted by atomic mass is 15.1. The van der Waals surface area contributed by atoms with Crippen molar-refractivity contribution in [2.24, 2.45) is 11.7 Å². The molecule has 0 aromatic heterocycles. The summed E-state index contributed by atoms with van der Waals surface area (Å²) in [5.74, 6) is 1.06. The lowest BCUT2D eigenvalue weighted by Gasteiger charge is -2.31. The molecule has 0 bridgehead atoms. The van der Waals surface area contributed by atoms with Gasteiger partial charge in [-0.15, -0.1) is 0 Å². The minimum absolute atomic E-state index is 0.152. The summed E-state index contributed by atoms with van der Waals surface area (Å²) in [6.07, 6.45) is 4.19. The van der Waals surface area contributed by atoms with Gasteiger partial charge >= 0.3 is 0 Å². The van der Waals surface area contributed by atoms with E-state index in [9.17, 15) is 0 Å². The molecule has 1 fully saturated rings. The lowest BCUT2D eigenvalue weighted by Crippen LogP contribution is -2.32.